The van der Waals surface area contributed by atoms with E-state index in [1.54, 1.807) is 13.8 Å². The molecule has 0 bridgehead atoms. The van der Waals surface area contributed by atoms with Gasteiger partial charge in [0.15, 0.2) is 5.28 Å². The summed E-state index contributed by atoms with van der Waals surface area (Å²) in [5, 5.41) is 7.12. The van der Waals surface area contributed by atoms with Crippen LogP contribution in [-0.4, -0.2) is 26.9 Å². The van der Waals surface area contributed by atoms with Gasteiger partial charge in [-0.05, 0) is 61.1 Å². The van der Waals surface area contributed by atoms with Gasteiger partial charge >= 0.3 is 7.60 Å². The zero-order valence-corrected chi connectivity index (χ0v) is 24.3. The third-order valence-electron chi connectivity index (χ3n) is 6.51. The Morgan fingerprint density at radius 1 is 0.914 bits per heavy atom. The average Bonchev–Trinajstić information content (AvgIpc) is 2.78. The van der Waals surface area contributed by atoms with Crippen molar-refractivity contribution >= 4 is 17.6 Å². The molecule has 2 rings (SSSR count). The highest BCUT2D eigenvalue weighted by Crippen LogP contribution is 2.65. The maximum Gasteiger partial charge on any atom is 0.359 e. The lowest BCUT2D eigenvalue weighted by Crippen LogP contribution is -2.32. The highest BCUT2D eigenvalue weighted by Gasteiger charge is 2.52. The molecule has 1 aliphatic carbocycles. The van der Waals surface area contributed by atoms with Crippen LogP contribution in [-0.2, 0) is 23.6 Å². The van der Waals surface area contributed by atoms with Crippen LogP contribution in [0.25, 0.3) is 0 Å². The minimum atomic E-state index is -4.03. The fourth-order valence-electron chi connectivity index (χ4n) is 4.58. The summed E-state index contributed by atoms with van der Waals surface area (Å²) in [5.74, 6) is 0.262. The Morgan fingerprint density at radius 2 is 1.40 bits per heavy atom. The van der Waals surface area contributed by atoms with Gasteiger partial charge in [-0.3, -0.25) is 4.57 Å². The minimum Gasteiger partial charge on any atom is -0.307 e. The van der Waals surface area contributed by atoms with Crippen LogP contribution in [0, 0.1) is 0 Å². The molecule has 0 heterocycles. The van der Waals surface area contributed by atoms with Gasteiger partial charge in [0.2, 0.25) is 0 Å². The molecule has 0 aromatic heterocycles. The highest BCUT2D eigenvalue weighted by atomic mass is 32.2. The lowest BCUT2D eigenvalue weighted by Gasteiger charge is -2.37. The predicted molar refractivity (Wildman–Crippen MR) is 141 cm³/mol. The molecule has 0 aliphatic heterocycles. The number of nitrogens with zero attached hydrogens (tertiary/aromatic N) is 2. The van der Waals surface area contributed by atoms with E-state index in [4.69, 9.17) is 9.05 Å². The van der Waals surface area contributed by atoms with Crippen molar-refractivity contribution < 1.29 is 22.0 Å². The second kappa shape index (κ2) is 12.3. The van der Waals surface area contributed by atoms with Crippen molar-refractivity contribution in [1.29, 1.82) is 0 Å². The largest absolute Gasteiger partial charge is 0.359 e. The van der Waals surface area contributed by atoms with Gasteiger partial charge in [-0.25, -0.2) is 0 Å². The summed E-state index contributed by atoms with van der Waals surface area (Å²) in [5.41, 5.74) is 2.61. The SMILES string of the molecule is CCOP(=O)(OCC)C1(/N=N/NS(=O)(=O)c2c(C(C)C)cc(C(C)C)cc2C(C)C)CCCCC1. The van der Waals surface area contributed by atoms with Crippen LogP contribution in [0.3, 0.4) is 0 Å². The first kappa shape index (κ1) is 29.9. The van der Waals surface area contributed by atoms with Crippen molar-refractivity contribution in [3.05, 3.63) is 28.8 Å². The van der Waals surface area contributed by atoms with Crippen LogP contribution in [0.5, 0.6) is 0 Å². The Morgan fingerprint density at radius 3 is 1.80 bits per heavy atom. The lowest BCUT2D eigenvalue weighted by atomic mass is 9.89. The van der Waals surface area contributed by atoms with Crippen LogP contribution in [0.15, 0.2) is 27.4 Å². The summed E-state index contributed by atoms with van der Waals surface area (Å²) >= 11 is 0. The van der Waals surface area contributed by atoms with Gasteiger partial charge in [-0.1, -0.05) is 78.2 Å². The molecule has 1 fully saturated rings. The number of sulfonamides is 1. The number of benzene rings is 1. The second-order valence-electron chi connectivity index (χ2n) is 10.2. The van der Waals surface area contributed by atoms with E-state index in [1.165, 1.54) is 0 Å². The van der Waals surface area contributed by atoms with Crippen molar-refractivity contribution in [2.45, 2.75) is 115 Å². The van der Waals surface area contributed by atoms with Gasteiger partial charge in [-0.2, -0.15) is 18.4 Å². The van der Waals surface area contributed by atoms with Crippen molar-refractivity contribution in [2.75, 3.05) is 13.2 Å². The van der Waals surface area contributed by atoms with Crippen molar-refractivity contribution in [3.63, 3.8) is 0 Å². The van der Waals surface area contributed by atoms with Crippen molar-refractivity contribution in [2.24, 2.45) is 10.3 Å². The van der Waals surface area contributed by atoms with E-state index in [0.717, 1.165) is 36.0 Å². The van der Waals surface area contributed by atoms with E-state index in [2.05, 4.69) is 29.0 Å². The second-order valence-corrected chi connectivity index (χ2v) is 14.1. The normalized spacial score (nSPS) is 17.1. The molecular weight excluding hydrogens is 485 g/mol. The first-order valence-corrected chi connectivity index (χ1v) is 15.9. The maximum atomic E-state index is 13.7. The zero-order valence-electron chi connectivity index (χ0n) is 22.6. The fraction of sp³-hybridized carbons (Fsp3) is 0.760. The molecule has 8 nitrogen and oxygen atoms in total. The third kappa shape index (κ3) is 6.73. The molecule has 0 saturated heterocycles. The Bertz CT molecular complexity index is 993. The highest BCUT2D eigenvalue weighted by molar-refractivity contribution is 7.89. The van der Waals surface area contributed by atoms with Crippen LogP contribution in [0.4, 0.5) is 0 Å². The van der Waals surface area contributed by atoms with Gasteiger partial charge in [-0.15, -0.1) is 0 Å². The van der Waals surface area contributed by atoms with E-state index >= 15 is 0 Å². The summed E-state index contributed by atoms with van der Waals surface area (Å²) in [6.07, 6.45) is 3.50. The van der Waals surface area contributed by atoms with Gasteiger partial charge in [0.1, 0.15) is 0 Å². The first-order chi connectivity index (χ1) is 16.3. The first-order valence-electron chi connectivity index (χ1n) is 12.8. The Balaban J connectivity index is 2.55. The minimum absolute atomic E-state index is 0.00414. The molecule has 0 spiro atoms. The lowest BCUT2D eigenvalue weighted by molar-refractivity contribution is 0.180. The number of rotatable bonds is 12. The molecule has 1 aromatic carbocycles. The van der Waals surface area contributed by atoms with E-state index in [-0.39, 0.29) is 35.9 Å². The third-order valence-corrected chi connectivity index (χ3v) is 10.6. The molecule has 0 amide bonds. The van der Waals surface area contributed by atoms with Gasteiger partial charge in [0, 0.05) is 0 Å². The quantitative estimate of drug-likeness (QED) is 0.170. The standard InChI is InChI=1S/C25H44N3O5PS/c1-9-32-34(29,33-10-2)25(14-12-11-13-15-25)26-27-28-35(30,31)24-22(19(5)6)16-21(18(3)4)17-23(24)20(7)8/h16-20H,9-15H2,1-8H3,(H,26,28). The van der Waals surface area contributed by atoms with Crippen molar-refractivity contribution in [3.8, 4) is 0 Å². The molecule has 0 atom stereocenters. The summed E-state index contributed by atoms with van der Waals surface area (Å²) in [4.78, 5) is 2.59. The van der Waals surface area contributed by atoms with Crippen molar-refractivity contribution in [1.82, 2.24) is 4.83 Å². The summed E-state index contributed by atoms with van der Waals surface area (Å²) in [6.45, 7) is 16.1. The van der Waals surface area contributed by atoms with Gasteiger partial charge in [0.05, 0.1) is 18.1 Å². The molecule has 200 valence electrons. The monoisotopic (exact) mass is 529 g/mol. The number of hydrogen-bond acceptors (Lipinski definition) is 7. The molecule has 0 unspecified atom stereocenters. The number of hydrogen-bond donors (Lipinski definition) is 1. The molecule has 1 aromatic rings. The van der Waals surface area contributed by atoms with Gasteiger partial charge in [0.25, 0.3) is 10.0 Å². The van der Waals surface area contributed by atoms with Crippen LogP contribution in [0.2, 0.25) is 0 Å². The molecule has 35 heavy (non-hydrogen) atoms. The molecule has 0 radical (unpaired) electrons. The fourth-order valence-corrected chi connectivity index (χ4v) is 8.28. The molecule has 1 N–H and O–H groups in total. The topological polar surface area (TPSA) is 106 Å². The van der Waals surface area contributed by atoms with Crippen LogP contribution in [0.1, 0.15) is 122 Å². The van der Waals surface area contributed by atoms with Gasteiger partial charge < -0.3 is 9.05 Å². The van der Waals surface area contributed by atoms with Crippen LogP contribution < -0.4 is 4.83 Å². The smallest absolute Gasteiger partial charge is 0.307 e. The van der Waals surface area contributed by atoms with E-state index in [1.807, 2.05) is 39.8 Å². The molecule has 1 saturated carbocycles. The van der Waals surface area contributed by atoms with E-state index in [0.29, 0.717) is 12.8 Å². The molecule has 10 heteroatoms. The average molecular weight is 530 g/mol. The van der Waals surface area contributed by atoms with E-state index in [9.17, 15) is 13.0 Å². The maximum absolute atomic E-state index is 13.7. The predicted octanol–water partition coefficient (Wildman–Crippen LogP) is 7.63. The number of nitrogens with one attached hydrogen (secondary N) is 1. The Labute approximate surface area is 212 Å². The summed E-state index contributed by atoms with van der Waals surface area (Å²) in [7, 11) is -7.68. The molecular formula is C25H44N3O5PS. The molecule has 1 aliphatic rings. The van der Waals surface area contributed by atoms with Crippen LogP contribution >= 0.6 is 7.60 Å². The summed E-state index contributed by atoms with van der Waals surface area (Å²) < 4.78 is 52.2. The van der Waals surface area contributed by atoms with E-state index < -0.39 is 22.9 Å². The Kier molecular flexibility index (Phi) is 10.5. The zero-order chi connectivity index (χ0) is 26.4. The Hall–Kier alpha value is -1.28. The summed E-state index contributed by atoms with van der Waals surface area (Å²) in [6, 6.07) is 3.96.